The summed E-state index contributed by atoms with van der Waals surface area (Å²) in [5.41, 5.74) is 0. The van der Waals surface area contributed by atoms with Crippen molar-refractivity contribution in [2.75, 3.05) is 13.1 Å². The molecule has 14 heavy (non-hydrogen) atoms. The number of nitrogens with zero attached hydrogens (tertiary/aromatic N) is 1. The summed E-state index contributed by atoms with van der Waals surface area (Å²) in [6, 6.07) is -0.229. The molecule has 1 unspecified atom stereocenters. The second-order valence-corrected chi connectivity index (χ2v) is 3.77. The van der Waals surface area contributed by atoms with Crippen LogP contribution in [-0.4, -0.2) is 29.9 Å². The first-order valence-electron chi connectivity index (χ1n) is 5.26. The quantitative estimate of drug-likeness (QED) is 0.744. The number of urea groups is 1. The normalized spacial score (nSPS) is 23.3. The van der Waals surface area contributed by atoms with E-state index in [1.807, 2.05) is 13.8 Å². The molecule has 1 rings (SSSR count). The molecule has 0 bridgehead atoms. The van der Waals surface area contributed by atoms with Crippen molar-refractivity contribution in [1.82, 2.24) is 10.2 Å². The standard InChI is InChI=1S/C10H18N2O2/c1-3-4-7-12-9(13)8(2)5-6-11-10(12)14/h8H,3-7H2,1-2H3,(H,11,14). The number of hydrogen-bond donors (Lipinski definition) is 1. The number of amides is 3. The number of carbonyl (C=O) groups is 2. The van der Waals surface area contributed by atoms with Crippen LogP contribution < -0.4 is 5.32 Å². The summed E-state index contributed by atoms with van der Waals surface area (Å²) in [4.78, 5) is 24.5. The maximum atomic E-state index is 11.7. The predicted octanol–water partition coefficient (Wildman–Crippen LogP) is 1.36. The minimum atomic E-state index is -0.229. The molecule has 1 saturated heterocycles. The van der Waals surface area contributed by atoms with Crippen LogP contribution in [0.1, 0.15) is 33.1 Å². The van der Waals surface area contributed by atoms with E-state index in [9.17, 15) is 9.59 Å². The number of hydrogen-bond acceptors (Lipinski definition) is 2. The Bertz CT molecular complexity index is 228. The van der Waals surface area contributed by atoms with Crippen molar-refractivity contribution >= 4 is 11.9 Å². The molecule has 1 heterocycles. The van der Waals surface area contributed by atoms with Gasteiger partial charge in [-0.15, -0.1) is 0 Å². The Hall–Kier alpha value is -1.06. The number of imide groups is 1. The SMILES string of the molecule is CCCCN1C(=O)NCCC(C)C1=O. The highest BCUT2D eigenvalue weighted by Gasteiger charge is 2.28. The average molecular weight is 198 g/mol. The summed E-state index contributed by atoms with van der Waals surface area (Å²) >= 11 is 0. The lowest BCUT2D eigenvalue weighted by atomic mass is 10.1. The molecule has 0 spiro atoms. The van der Waals surface area contributed by atoms with Gasteiger partial charge in [0.1, 0.15) is 0 Å². The highest BCUT2D eigenvalue weighted by molar-refractivity contribution is 5.96. The summed E-state index contributed by atoms with van der Waals surface area (Å²) < 4.78 is 0. The molecule has 0 aromatic carbocycles. The first-order chi connectivity index (χ1) is 6.66. The van der Waals surface area contributed by atoms with Gasteiger partial charge < -0.3 is 5.32 Å². The van der Waals surface area contributed by atoms with Crippen molar-refractivity contribution in [2.24, 2.45) is 5.92 Å². The third kappa shape index (κ3) is 2.47. The molecule has 0 aromatic rings. The van der Waals surface area contributed by atoms with Crippen LogP contribution in [0, 0.1) is 5.92 Å². The Labute approximate surface area is 84.7 Å². The number of rotatable bonds is 3. The molecule has 1 atom stereocenters. The average Bonchev–Trinajstić information content (AvgIpc) is 2.27. The number of unbranched alkanes of at least 4 members (excludes halogenated alkanes) is 1. The van der Waals surface area contributed by atoms with Gasteiger partial charge in [-0.3, -0.25) is 9.69 Å². The van der Waals surface area contributed by atoms with E-state index in [4.69, 9.17) is 0 Å². The van der Waals surface area contributed by atoms with E-state index in [1.54, 1.807) is 0 Å². The molecule has 1 N–H and O–H groups in total. The molecule has 3 amide bonds. The van der Waals surface area contributed by atoms with Crippen LogP contribution in [-0.2, 0) is 4.79 Å². The van der Waals surface area contributed by atoms with Gasteiger partial charge in [0.15, 0.2) is 0 Å². The van der Waals surface area contributed by atoms with Gasteiger partial charge in [0.05, 0.1) is 0 Å². The highest BCUT2D eigenvalue weighted by atomic mass is 16.2. The zero-order valence-electron chi connectivity index (χ0n) is 8.88. The lowest BCUT2D eigenvalue weighted by molar-refractivity contribution is -0.131. The van der Waals surface area contributed by atoms with Gasteiger partial charge >= 0.3 is 6.03 Å². The van der Waals surface area contributed by atoms with E-state index in [0.29, 0.717) is 13.1 Å². The van der Waals surface area contributed by atoms with Crippen molar-refractivity contribution in [3.63, 3.8) is 0 Å². The largest absolute Gasteiger partial charge is 0.338 e. The Morgan fingerprint density at radius 3 is 2.86 bits per heavy atom. The Kier molecular flexibility index (Phi) is 3.92. The van der Waals surface area contributed by atoms with Crippen LogP contribution in [0.3, 0.4) is 0 Å². The van der Waals surface area contributed by atoms with E-state index < -0.39 is 0 Å². The number of carbonyl (C=O) groups excluding carboxylic acids is 2. The third-order valence-electron chi connectivity index (χ3n) is 2.52. The molecule has 1 fully saturated rings. The van der Waals surface area contributed by atoms with Crippen molar-refractivity contribution < 1.29 is 9.59 Å². The molecule has 1 aliphatic heterocycles. The van der Waals surface area contributed by atoms with Crippen LogP contribution >= 0.6 is 0 Å². The van der Waals surface area contributed by atoms with E-state index in [2.05, 4.69) is 5.32 Å². The van der Waals surface area contributed by atoms with Gasteiger partial charge in [-0.2, -0.15) is 0 Å². The van der Waals surface area contributed by atoms with Gasteiger partial charge in [-0.1, -0.05) is 20.3 Å². The Morgan fingerprint density at radius 1 is 1.50 bits per heavy atom. The highest BCUT2D eigenvalue weighted by Crippen LogP contribution is 2.11. The molecule has 0 radical (unpaired) electrons. The summed E-state index contributed by atoms with van der Waals surface area (Å²) in [6.07, 6.45) is 2.62. The van der Waals surface area contributed by atoms with Crippen LogP contribution in [0.2, 0.25) is 0 Å². The fourth-order valence-corrected chi connectivity index (χ4v) is 1.51. The number of nitrogens with one attached hydrogen (secondary N) is 1. The molecule has 1 aliphatic rings. The van der Waals surface area contributed by atoms with Crippen molar-refractivity contribution in [3.05, 3.63) is 0 Å². The van der Waals surface area contributed by atoms with Crippen LogP contribution in [0.25, 0.3) is 0 Å². The third-order valence-corrected chi connectivity index (χ3v) is 2.52. The van der Waals surface area contributed by atoms with Gasteiger partial charge in [-0.25, -0.2) is 4.79 Å². The summed E-state index contributed by atoms with van der Waals surface area (Å²) in [5, 5.41) is 2.73. The molecule has 0 saturated carbocycles. The van der Waals surface area contributed by atoms with E-state index >= 15 is 0 Å². The lowest BCUT2D eigenvalue weighted by Crippen LogP contribution is -2.43. The molecule has 0 aromatic heterocycles. The predicted molar refractivity (Wildman–Crippen MR) is 53.8 cm³/mol. The summed E-state index contributed by atoms with van der Waals surface area (Å²) in [7, 11) is 0. The maximum Gasteiger partial charge on any atom is 0.324 e. The fraction of sp³-hybridized carbons (Fsp3) is 0.800. The molecule has 80 valence electrons. The first kappa shape index (κ1) is 11.0. The summed E-state index contributed by atoms with van der Waals surface area (Å²) in [5.74, 6) is -0.0701. The Balaban J connectivity index is 2.64. The first-order valence-corrected chi connectivity index (χ1v) is 5.26. The Morgan fingerprint density at radius 2 is 2.21 bits per heavy atom. The molecular weight excluding hydrogens is 180 g/mol. The van der Waals surface area contributed by atoms with Crippen molar-refractivity contribution in [3.8, 4) is 0 Å². The molecule has 4 heteroatoms. The lowest BCUT2D eigenvalue weighted by Gasteiger charge is -2.19. The second-order valence-electron chi connectivity index (χ2n) is 3.77. The van der Waals surface area contributed by atoms with Crippen LogP contribution in [0.4, 0.5) is 4.79 Å². The van der Waals surface area contributed by atoms with E-state index in [0.717, 1.165) is 19.3 Å². The zero-order valence-corrected chi connectivity index (χ0v) is 8.88. The van der Waals surface area contributed by atoms with E-state index in [-0.39, 0.29) is 17.9 Å². The second kappa shape index (κ2) is 4.98. The minimum absolute atomic E-state index is 0.0338. The van der Waals surface area contributed by atoms with Gasteiger partial charge in [-0.05, 0) is 12.8 Å². The molecular formula is C10H18N2O2. The van der Waals surface area contributed by atoms with E-state index in [1.165, 1.54) is 4.90 Å². The van der Waals surface area contributed by atoms with Crippen molar-refractivity contribution in [1.29, 1.82) is 0 Å². The van der Waals surface area contributed by atoms with Gasteiger partial charge in [0, 0.05) is 19.0 Å². The van der Waals surface area contributed by atoms with Gasteiger partial charge in [0.2, 0.25) is 5.91 Å². The smallest absolute Gasteiger partial charge is 0.324 e. The zero-order chi connectivity index (χ0) is 10.6. The molecule has 4 nitrogen and oxygen atoms in total. The minimum Gasteiger partial charge on any atom is -0.338 e. The molecule has 0 aliphatic carbocycles. The van der Waals surface area contributed by atoms with Gasteiger partial charge in [0.25, 0.3) is 0 Å². The van der Waals surface area contributed by atoms with Crippen LogP contribution in [0.15, 0.2) is 0 Å². The summed E-state index contributed by atoms with van der Waals surface area (Å²) in [6.45, 7) is 5.07. The van der Waals surface area contributed by atoms with Crippen LogP contribution in [0.5, 0.6) is 0 Å². The fourth-order valence-electron chi connectivity index (χ4n) is 1.51. The monoisotopic (exact) mass is 198 g/mol. The topological polar surface area (TPSA) is 49.4 Å². The maximum absolute atomic E-state index is 11.7. The van der Waals surface area contributed by atoms with Crippen molar-refractivity contribution in [2.45, 2.75) is 33.1 Å².